The summed E-state index contributed by atoms with van der Waals surface area (Å²) in [5.74, 6) is 0. The number of fused-ring (bicyclic) bond motifs is 1. The van der Waals surface area contributed by atoms with E-state index >= 15 is 0 Å². The fourth-order valence-corrected chi connectivity index (χ4v) is 4.18. The lowest BCUT2D eigenvalue weighted by Gasteiger charge is -2.38. The molecular formula is C16H30N2O. The van der Waals surface area contributed by atoms with Crippen molar-refractivity contribution in [2.75, 3.05) is 26.2 Å². The fourth-order valence-electron chi connectivity index (χ4n) is 4.18. The Kier molecular flexibility index (Phi) is 5.14. The van der Waals surface area contributed by atoms with Crippen LogP contribution in [0.15, 0.2) is 0 Å². The number of nitrogens with zero attached hydrogens (tertiary/aromatic N) is 1. The third-order valence-corrected chi connectivity index (χ3v) is 5.28. The molecule has 1 heterocycles. The Hall–Kier alpha value is -0.120. The van der Waals surface area contributed by atoms with Gasteiger partial charge < -0.3 is 10.1 Å². The SMILES string of the molecule is C1CCCC(NCCN2CCOC3CCCC32)CC1. The molecule has 0 radical (unpaired) electrons. The van der Waals surface area contributed by atoms with Crippen molar-refractivity contribution >= 4 is 0 Å². The molecule has 2 unspecified atom stereocenters. The topological polar surface area (TPSA) is 24.5 Å². The summed E-state index contributed by atoms with van der Waals surface area (Å²) >= 11 is 0. The zero-order valence-electron chi connectivity index (χ0n) is 12.3. The molecule has 0 aromatic rings. The molecule has 2 atom stereocenters. The number of rotatable bonds is 4. The van der Waals surface area contributed by atoms with Crippen LogP contribution in [0.4, 0.5) is 0 Å². The highest BCUT2D eigenvalue weighted by Crippen LogP contribution is 2.29. The molecule has 3 fully saturated rings. The van der Waals surface area contributed by atoms with E-state index in [1.807, 2.05) is 0 Å². The van der Waals surface area contributed by atoms with Gasteiger partial charge in [0.05, 0.1) is 12.7 Å². The van der Waals surface area contributed by atoms with Gasteiger partial charge in [0.1, 0.15) is 0 Å². The maximum Gasteiger partial charge on any atom is 0.0730 e. The molecule has 1 N–H and O–H groups in total. The Morgan fingerprint density at radius 2 is 1.79 bits per heavy atom. The lowest BCUT2D eigenvalue weighted by molar-refractivity contribution is -0.0550. The average Bonchev–Trinajstić information content (AvgIpc) is 2.77. The summed E-state index contributed by atoms with van der Waals surface area (Å²) in [5, 5.41) is 3.81. The van der Waals surface area contributed by atoms with Crippen molar-refractivity contribution in [2.24, 2.45) is 0 Å². The smallest absolute Gasteiger partial charge is 0.0730 e. The summed E-state index contributed by atoms with van der Waals surface area (Å²) in [7, 11) is 0. The van der Waals surface area contributed by atoms with Gasteiger partial charge in [-0.1, -0.05) is 25.7 Å². The Labute approximate surface area is 118 Å². The third-order valence-electron chi connectivity index (χ3n) is 5.28. The zero-order valence-corrected chi connectivity index (χ0v) is 12.3. The van der Waals surface area contributed by atoms with Crippen molar-refractivity contribution in [2.45, 2.75) is 76.0 Å². The first-order chi connectivity index (χ1) is 9.43. The van der Waals surface area contributed by atoms with Crippen molar-refractivity contribution in [3.05, 3.63) is 0 Å². The van der Waals surface area contributed by atoms with E-state index in [9.17, 15) is 0 Å². The fraction of sp³-hybridized carbons (Fsp3) is 1.00. The standard InChI is InChI=1S/C16H30N2O/c1-2-4-7-14(6-3-1)17-10-11-18-12-13-19-16-9-5-8-15(16)18/h14-17H,1-13H2. The number of ether oxygens (including phenoxy) is 1. The lowest BCUT2D eigenvalue weighted by atomic mass is 10.1. The third kappa shape index (κ3) is 3.71. The molecule has 3 nitrogen and oxygen atoms in total. The van der Waals surface area contributed by atoms with Crippen molar-refractivity contribution in [1.82, 2.24) is 10.2 Å². The van der Waals surface area contributed by atoms with Crippen molar-refractivity contribution in [3.8, 4) is 0 Å². The molecule has 1 saturated heterocycles. The molecule has 2 saturated carbocycles. The minimum Gasteiger partial charge on any atom is -0.375 e. The Morgan fingerprint density at radius 3 is 2.63 bits per heavy atom. The molecule has 3 aliphatic rings. The minimum absolute atomic E-state index is 0.548. The van der Waals surface area contributed by atoms with Gasteiger partial charge >= 0.3 is 0 Å². The summed E-state index contributed by atoms with van der Waals surface area (Å²) in [6.07, 6.45) is 13.1. The zero-order chi connectivity index (χ0) is 12.9. The van der Waals surface area contributed by atoms with Crippen LogP contribution >= 0.6 is 0 Å². The highest BCUT2D eigenvalue weighted by atomic mass is 16.5. The first-order valence-electron chi connectivity index (χ1n) is 8.52. The monoisotopic (exact) mass is 266 g/mol. The van der Waals surface area contributed by atoms with Crippen LogP contribution < -0.4 is 5.32 Å². The van der Waals surface area contributed by atoms with E-state index in [1.54, 1.807) is 0 Å². The van der Waals surface area contributed by atoms with Crippen LogP contribution in [0.1, 0.15) is 57.8 Å². The molecule has 0 aromatic heterocycles. The van der Waals surface area contributed by atoms with Gasteiger partial charge in [0, 0.05) is 31.7 Å². The molecular weight excluding hydrogens is 236 g/mol. The summed E-state index contributed by atoms with van der Waals surface area (Å²) in [6, 6.07) is 1.52. The molecule has 3 heteroatoms. The van der Waals surface area contributed by atoms with Crippen LogP contribution in [0.5, 0.6) is 0 Å². The molecule has 0 bridgehead atoms. The predicted octanol–water partition coefficient (Wildman–Crippen LogP) is 2.55. The number of hydrogen-bond donors (Lipinski definition) is 1. The van der Waals surface area contributed by atoms with Crippen LogP contribution in [-0.4, -0.2) is 49.3 Å². The number of nitrogens with one attached hydrogen (secondary N) is 1. The summed E-state index contributed by atoms with van der Waals surface area (Å²) in [4.78, 5) is 2.69. The largest absolute Gasteiger partial charge is 0.375 e. The van der Waals surface area contributed by atoms with Crippen molar-refractivity contribution in [3.63, 3.8) is 0 Å². The molecule has 1 aliphatic heterocycles. The van der Waals surface area contributed by atoms with Gasteiger partial charge in [0.15, 0.2) is 0 Å². The van der Waals surface area contributed by atoms with E-state index in [2.05, 4.69) is 10.2 Å². The number of morpholine rings is 1. The van der Waals surface area contributed by atoms with Gasteiger partial charge in [-0.2, -0.15) is 0 Å². The van der Waals surface area contributed by atoms with Gasteiger partial charge in [-0.05, 0) is 32.1 Å². The first-order valence-corrected chi connectivity index (χ1v) is 8.52. The van der Waals surface area contributed by atoms with Gasteiger partial charge in [0.25, 0.3) is 0 Å². The molecule has 19 heavy (non-hydrogen) atoms. The molecule has 0 amide bonds. The van der Waals surface area contributed by atoms with E-state index in [4.69, 9.17) is 4.74 Å². The maximum atomic E-state index is 5.88. The van der Waals surface area contributed by atoms with Gasteiger partial charge in [-0.3, -0.25) is 4.90 Å². The second-order valence-electron chi connectivity index (χ2n) is 6.59. The van der Waals surface area contributed by atoms with Crippen molar-refractivity contribution in [1.29, 1.82) is 0 Å². The Bertz CT molecular complexity index is 263. The number of hydrogen-bond acceptors (Lipinski definition) is 3. The van der Waals surface area contributed by atoms with Gasteiger partial charge in [0.2, 0.25) is 0 Å². The van der Waals surface area contributed by atoms with Crippen LogP contribution in [0, 0.1) is 0 Å². The molecule has 110 valence electrons. The van der Waals surface area contributed by atoms with E-state index in [-0.39, 0.29) is 0 Å². The van der Waals surface area contributed by atoms with Crippen LogP contribution in [0.3, 0.4) is 0 Å². The molecule has 2 aliphatic carbocycles. The van der Waals surface area contributed by atoms with Crippen LogP contribution in [0.2, 0.25) is 0 Å². The molecule has 0 spiro atoms. The Morgan fingerprint density at radius 1 is 0.947 bits per heavy atom. The quantitative estimate of drug-likeness (QED) is 0.792. The minimum atomic E-state index is 0.548. The van der Waals surface area contributed by atoms with Crippen LogP contribution in [0.25, 0.3) is 0 Å². The summed E-state index contributed by atoms with van der Waals surface area (Å²) in [5.41, 5.74) is 0. The van der Waals surface area contributed by atoms with E-state index in [0.717, 1.165) is 25.2 Å². The normalized spacial score (nSPS) is 34.1. The molecule has 0 aromatic carbocycles. The summed E-state index contributed by atoms with van der Waals surface area (Å²) < 4.78 is 5.88. The second kappa shape index (κ2) is 7.05. The van der Waals surface area contributed by atoms with Gasteiger partial charge in [-0.25, -0.2) is 0 Å². The second-order valence-corrected chi connectivity index (χ2v) is 6.59. The van der Waals surface area contributed by atoms with Gasteiger partial charge in [-0.15, -0.1) is 0 Å². The predicted molar refractivity (Wildman–Crippen MR) is 78.4 cm³/mol. The highest BCUT2D eigenvalue weighted by Gasteiger charge is 2.35. The van der Waals surface area contributed by atoms with E-state index in [0.29, 0.717) is 6.10 Å². The van der Waals surface area contributed by atoms with Crippen LogP contribution in [-0.2, 0) is 4.74 Å². The summed E-state index contributed by atoms with van der Waals surface area (Å²) in [6.45, 7) is 4.49. The molecule has 3 rings (SSSR count). The lowest BCUT2D eigenvalue weighted by Crippen LogP contribution is -2.51. The first kappa shape index (κ1) is 13.8. The van der Waals surface area contributed by atoms with Crippen molar-refractivity contribution < 1.29 is 4.74 Å². The Balaban J connectivity index is 1.39. The highest BCUT2D eigenvalue weighted by molar-refractivity contribution is 4.89. The van der Waals surface area contributed by atoms with E-state index < -0.39 is 0 Å². The average molecular weight is 266 g/mol. The van der Waals surface area contributed by atoms with E-state index in [1.165, 1.54) is 70.9 Å². The maximum absolute atomic E-state index is 5.88.